The van der Waals surface area contributed by atoms with Crippen LogP contribution in [-0.4, -0.2) is 34.3 Å². The van der Waals surface area contributed by atoms with Crippen LogP contribution < -0.4 is 15.6 Å². The van der Waals surface area contributed by atoms with E-state index >= 15 is 0 Å². The summed E-state index contributed by atoms with van der Waals surface area (Å²) in [7, 11) is 0. The fourth-order valence-corrected chi connectivity index (χ4v) is 3.10. The quantitative estimate of drug-likeness (QED) is 0.485. The van der Waals surface area contributed by atoms with Crippen molar-refractivity contribution < 1.29 is 4.39 Å². The number of anilines is 4. The van der Waals surface area contributed by atoms with E-state index in [0.717, 1.165) is 31.6 Å². The molecule has 7 nitrogen and oxygen atoms in total. The molecule has 3 aromatic rings. The third kappa shape index (κ3) is 5.04. The first-order valence-corrected chi connectivity index (χ1v) is 9.65. The highest BCUT2D eigenvalue weighted by Crippen LogP contribution is 2.20. The maximum absolute atomic E-state index is 13.8. The van der Waals surface area contributed by atoms with Gasteiger partial charge in [-0.15, -0.1) is 0 Å². The van der Waals surface area contributed by atoms with E-state index in [1.165, 1.54) is 18.7 Å². The number of hydrazone groups is 1. The first kappa shape index (κ1) is 18.8. The second-order valence-electron chi connectivity index (χ2n) is 6.71. The number of rotatable bonds is 6. The predicted molar refractivity (Wildman–Crippen MR) is 113 cm³/mol. The van der Waals surface area contributed by atoms with Gasteiger partial charge in [0, 0.05) is 24.3 Å². The van der Waals surface area contributed by atoms with Gasteiger partial charge in [0.1, 0.15) is 5.82 Å². The molecule has 1 aromatic heterocycles. The number of para-hydroxylation sites is 1. The molecule has 1 fully saturated rings. The molecule has 2 aromatic carbocycles. The van der Waals surface area contributed by atoms with Crippen molar-refractivity contribution in [3.05, 3.63) is 66.0 Å². The molecule has 0 aliphatic carbocycles. The van der Waals surface area contributed by atoms with Crippen molar-refractivity contribution in [3.8, 4) is 0 Å². The van der Waals surface area contributed by atoms with Crippen LogP contribution in [0.15, 0.2) is 59.7 Å². The van der Waals surface area contributed by atoms with Crippen molar-refractivity contribution in [1.82, 2.24) is 15.0 Å². The lowest BCUT2D eigenvalue weighted by atomic mass is 10.1. The minimum Gasteiger partial charge on any atom is -0.341 e. The van der Waals surface area contributed by atoms with E-state index in [1.54, 1.807) is 18.2 Å². The van der Waals surface area contributed by atoms with E-state index in [1.807, 2.05) is 30.3 Å². The molecule has 1 aliphatic rings. The highest BCUT2D eigenvalue weighted by molar-refractivity contribution is 5.80. The first-order valence-electron chi connectivity index (χ1n) is 9.65. The van der Waals surface area contributed by atoms with Gasteiger partial charge in [0.05, 0.1) is 6.21 Å². The molecule has 4 rings (SSSR count). The Morgan fingerprint density at radius 1 is 0.862 bits per heavy atom. The summed E-state index contributed by atoms with van der Waals surface area (Å²) in [5.74, 6) is 0.984. The SMILES string of the molecule is Fc1ccccc1/C=N/Nc1nc(Nc2ccccc2)nc(N2CCCCC2)n1. The monoisotopic (exact) mass is 391 g/mol. The maximum Gasteiger partial charge on any atom is 0.250 e. The summed E-state index contributed by atoms with van der Waals surface area (Å²) in [6, 6.07) is 16.1. The van der Waals surface area contributed by atoms with Gasteiger partial charge in [0.2, 0.25) is 17.8 Å². The van der Waals surface area contributed by atoms with Gasteiger partial charge in [-0.1, -0.05) is 36.4 Å². The fraction of sp³-hybridized carbons (Fsp3) is 0.238. The van der Waals surface area contributed by atoms with Crippen molar-refractivity contribution >= 4 is 29.7 Å². The van der Waals surface area contributed by atoms with Crippen LogP contribution in [0.2, 0.25) is 0 Å². The molecule has 1 saturated heterocycles. The molecule has 0 radical (unpaired) electrons. The molecule has 2 heterocycles. The normalized spacial score (nSPS) is 14.2. The topological polar surface area (TPSA) is 78.3 Å². The summed E-state index contributed by atoms with van der Waals surface area (Å²) in [6.45, 7) is 1.82. The van der Waals surface area contributed by atoms with E-state index in [-0.39, 0.29) is 5.82 Å². The van der Waals surface area contributed by atoms with Crippen molar-refractivity contribution in [2.24, 2.45) is 5.10 Å². The van der Waals surface area contributed by atoms with Gasteiger partial charge in [-0.3, -0.25) is 0 Å². The highest BCUT2D eigenvalue weighted by atomic mass is 19.1. The Morgan fingerprint density at radius 2 is 1.59 bits per heavy atom. The molecule has 8 heteroatoms. The third-order valence-corrected chi connectivity index (χ3v) is 4.57. The Hall–Kier alpha value is -3.55. The largest absolute Gasteiger partial charge is 0.341 e. The summed E-state index contributed by atoms with van der Waals surface area (Å²) in [5, 5.41) is 7.29. The molecule has 0 spiro atoms. The van der Waals surface area contributed by atoms with Gasteiger partial charge < -0.3 is 10.2 Å². The molecule has 0 amide bonds. The van der Waals surface area contributed by atoms with E-state index < -0.39 is 0 Å². The van der Waals surface area contributed by atoms with E-state index in [9.17, 15) is 4.39 Å². The number of halogens is 1. The summed E-state index contributed by atoms with van der Waals surface area (Å²) in [4.78, 5) is 15.6. The number of hydrogen-bond donors (Lipinski definition) is 2. The van der Waals surface area contributed by atoms with Crippen LogP contribution in [0.1, 0.15) is 24.8 Å². The maximum atomic E-state index is 13.8. The van der Waals surface area contributed by atoms with Crippen LogP contribution in [-0.2, 0) is 0 Å². The number of aromatic nitrogens is 3. The summed E-state index contributed by atoms with van der Waals surface area (Å²) < 4.78 is 13.8. The van der Waals surface area contributed by atoms with Crippen LogP contribution >= 0.6 is 0 Å². The minimum atomic E-state index is -0.339. The number of nitrogens with zero attached hydrogens (tertiary/aromatic N) is 5. The molecular weight excluding hydrogens is 369 g/mol. The zero-order chi connectivity index (χ0) is 19.9. The lowest BCUT2D eigenvalue weighted by Crippen LogP contribution is -2.31. The van der Waals surface area contributed by atoms with E-state index in [4.69, 9.17) is 0 Å². The molecule has 0 saturated carbocycles. The second kappa shape index (κ2) is 9.09. The number of benzene rings is 2. The van der Waals surface area contributed by atoms with Crippen molar-refractivity contribution in [1.29, 1.82) is 0 Å². The molecule has 0 atom stereocenters. The number of nitrogens with one attached hydrogen (secondary N) is 2. The van der Waals surface area contributed by atoms with Crippen LogP contribution in [0, 0.1) is 5.82 Å². The van der Waals surface area contributed by atoms with Crippen LogP contribution in [0.5, 0.6) is 0 Å². The van der Waals surface area contributed by atoms with Crippen molar-refractivity contribution in [2.75, 3.05) is 28.7 Å². The number of hydrogen-bond acceptors (Lipinski definition) is 7. The van der Waals surface area contributed by atoms with Gasteiger partial charge in [-0.25, -0.2) is 9.82 Å². The standard InChI is InChI=1S/C21H22FN7/c22-18-12-6-5-9-16(18)15-23-28-20-25-19(24-17-10-3-1-4-11-17)26-21(27-20)29-13-7-2-8-14-29/h1,3-6,9-12,15H,2,7-8,13-14H2,(H2,24,25,26,27,28)/b23-15+. The van der Waals surface area contributed by atoms with Gasteiger partial charge in [0.25, 0.3) is 0 Å². The molecular formula is C21H22FN7. The Bertz CT molecular complexity index is 972. The molecule has 0 bridgehead atoms. The molecule has 1 aliphatic heterocycles. The molecule has 148 valence electrons. The lowest BCUT2D eigenvalue weighted by Gasteiger charge is -2.26. The smallest absolute Gasteiger partial charge is 0.250 e. The van der Waals surface area contributed by atoms with Crippen LogP contribution in [0.25, 0.3) is 0 Å². The second-order valence-corrected chi connectivity index (χ2v) is 6.71. The van der Waals surface area contributed by atoms with E-state index in [0.29, 0.717) is 23.4 Å². The molecule has 2 N–H and O–H groups in total. The Kier molecular flexibility index (Phi) is 5.89. The van der Waals surface area contributed by atoms with Gasteiger partial charge in [0.15, 0.2) is 0 Å². The summed E-state index contributed by atoms with van der Waals surface area (Å²) in [6.07, 6.45) is 4.85. The van der Waals surface area contributed by atoms with Gasteiger partial charge >= 0.3 is 0 Å². The Morgan fingerprint density at radius 3 is 2.38 bits per heavy atom. The fourth-order valence-electron chi connectivity index (χ4n) is 3.10. The molecule has 0 unspecified atom stereocenters. The van der Waals surface area contributed by atoms with Gasteiger partial charge in [-0.2, -0.15) is 20.1 Å². The van der Waals surface area contributed by atoms with Gasteiger partial charge in [-0.05, 0) is 37.5 Å². The summed E-state index contributed by atoms with van der Waals surface area (Å²) in [5.41, 5.74) is 4.06. The van der Waals surface area contributed by atoms with Crippen LogP contribution in [0.4, 0.5) is 27.9 Å². The summed E-state index contributed by atoms with van der Waals surface area (Å²) >= 11 is 0. The average Bonchev–Trinajstić information content (AvgIpc) is 2.76. The zero-order valence-electron chi connectivity index (χ0n) is 15.9. The first-order chi connectivity index (χ1) is 14.3. The van der Waals surface area contributed by atoms with Crippen LogP contribution in [0.3, 0.4) is 0 Å². The average molecular weight is 391 g/mol. The number of piperidine rings is 1. The van der Waals surface area contributed by atoms with Crippen molar-refractivity contribution in [3.63, 3.8) is 0 Å². The Balaban J connectivity index is 1.57. The predicted octanol–water partition coefficient (Wildman–Crippen LogP) is 4.19. The minimum absolute atomic E-state index is 0.298. The van der Waals surface area contributed by atoms with E-state index in [2.05, 4.69) is 35.7 Å². The lowest BCUT2D eigenvalue weighted by molar-refractivity contribution is 0.568. The zero-order valence-corrected chi connectivity index (χ0v) is 15.9. The van der Waals surface area contributed by atoms with Crippen molar-refractivity contribution in [2.45, 2.75) is 19.3 Å². The Labute approximate surface area is 168 Å². The highest BCUT2D eigenvalue weighted by Gasteiger charge is 2.16. The molecule has 29 heavy (non-hydrogen) atoms. The third-order valence-electron chi connectivity index (χ3n) is 4.57.